The first kappa shape index (κ1) is 13.6. The summed E-state index contributed by atoms with van der Waals surface area (Å²) >= 11 is 1.80. The number of thiazole rings is 1. The first-order valence-corrected chi connectivity index (χ1v) is 6.64. The van der Waals surface area contributed by atoms with Crippen molar-refractivity contribution in [2.45, 2.75) is 33.2 Å². The fraction of sp³-hybridized carbons (Fsp3) is 0.750. The van der Waals surface area contributed by atoms with Crippen LogP contribution in [-0.4, -0.2) is 37.1 Å². The van der Waals surface area contributed by atoms with Crippen LogP contribution in [0.1, 0.15) is 35.0 Å². The first-order valence-electron chi connectivity index (χ1n) is 5.82. The summed E-state index contributed by atoms with van der Waals surface area (Å²) in [5.74, 6) is 0. The van der Waals surface area contributed by atoms with Gasteiger partial charge in [0.2, 0.25) is 0 Å². The van der Waals surface area contributed by atoms with E-state index in [1.54, 1.807) is 11.3 Å². The quantitative estimate of drug-likeness (QED) is 0.775. The predicted molar refractivity (Wildman–Crippen MR) is 71.2 cm³/mol. The van der Waals surface area contributed by atoms with Crippen LogP contribution in [-0.2, 0) is 0 Å². The van der Waals surface area contributed by atoms with Gasteiger partial charge < -0.3 is 10.2 Å². The van der Waals surface area contributed by atoms with Gasteiger partial charge in [-0.25, -0.2) is 4.98 Å². The Balaban J connectivity index is 2.35. The van der Waals surface area contributed by atoms with Gasteiger partial charge in [-0.3, -0.25) is 0 Å². The van der Waals surface area contributed by atoms with Gasteiger partial charge in [-0.1, -0.05) is 0 Å². The average molecular weight is 241 g/mol. The van der Waals surface area contributed by atoms with Gasteiger partial charge in [0.25, 0.3) is 0 Å². The van der Waals surface area contributed by atoms with Crippen molar-refractivity contribution in [3.05, 3.63) is 15.6 Å². The van der Waals surface area contributed by atoms with Crippen molar-refractivity contribution in [3.63, 3.8) is 0 Å². The zero-order valence-electron chi connectivity index (χ0n) is 11.0. The van der Waals surface area contributed by atoms with Crippen molar-refractivity contribution in [1.29, 1.82) is 0 Å². The van der Waals surface area contributed by atoms with Crippen LogP contribution >= 0.6 is 11.3 Å². The van der Waals surface area contributed by atoms with Crippen LogP contribution < -0.4 is 5.32 Å². The smallest absolute Gasteiger partial charge is 0.0900 e. The summed E-state index contributed by atoms with van der Waals surface area (Å²) in [5, 5.41) is 4.71. The molecule has 0 aliphatic heterocycles. The number of rotatable bonds is 6. The Hall–Kier alpha value is -0.450. The average Bonchev–Trinajstić information content (AvgIpc) is 2.52. The van der Waals surface area contributed by atoms with Crippen molar-refractivity contribution in [2.24, 2.45) is 0 Å². The molecule has 0 spiro atoms. The highest BCUT2D eigenvalue weighted by molar-refractivity contribution is 7.11. The van der Waals surface area contributed by atoms with Gasteiger partial charge in [-0.15, -0.1) is 11.3 Å². The van der Waals surface area contributed by atoms with E-state index in [0.29, 0.717) is 6.04 Å². The molecular formula is C12H23N3S. The Morgan fingerprint density at radius 1 is 1.38 bits per heavy atom. The Bertz CT molecular complexity index is 320. The molecule has 0 bridgehead atoms. The minimum Gasteiger partial charge on any atom is -0.309 e. The standard InChI is InChI=1S/C12H23N3S/c1-9(13-7-6-8-15(4)5)12-10(2)14-11(3)16-12/h9,13H,6-8H2,1-5H3. The first-order chi connectivity index (χ1) is 7.50. The van der Waals surface area contributed by atoms with Crippen LogP contribution in [0.25, 0.3) is 0 Å². The van der Waals surface area contributed by atoms with Gasteiger partial charge >= 0.3 is 0 Å². The lowest BCUT2D eigenvalue weighted by Crippen LogP contribution is -2.23. The molecule has 0 aromatic carbocycles. The third kappa shape index (κ3) is 4.20. The molecule has 1 unspecified atom stereocenters. The molecule has 0 aliphatic carbocycles. The van der Waals surface area contributed by atoms with E-state index in [1.165, 1.54) is 17.0 Å². The molecule has 0 saturated carbocycles. The Kier molecular flexibility index (Phi) is 5.38. The number of nitrogens with one attached hydrogen (secondary N) is 1. The fourth-order valence-electron chi connectivity index (χ4n) is 1.76. The van der Waals surface area contributed by atoms with E-state index in [2.05, 4.69) is 50.1 Å². The van der Waals surface area contributed by atoms with Gasteiger partial charge in [0.15, 0.2) is 0 Å². The van der Waals surface area contributed by atoms with Crippen molar-refractivity contribution >= 4 is 11.3 Å². The van der Waals surface area contributed by atoms with Crippen molar-refractivity contribution in [1.82, 2.24) is 15.2 Å². The summed E-state index contributed by atoms with van der Waals surface area (Å²) in [6.07, 6.45) is 1.19. The molecule has 0 radical (unpaired) electrons. The Morgan fingerprint density at radius 3 is 2.56 bits per heavy atom. The molecular weight excluding hydrogens is 218 g/mol. The number of aromatic nitrogens is 1. The summed E-state index contributed by atoms with van der Waals surface area (Å²) in [6, 6.07) is 0.424. The number of hydrogen-bond acceptors (Lipinski definition) is 4. The zero-order chi connectivity index (χ0) is 12.1. The fourth-order valence-corrected chi connectivity index (χ4v) is 2.71. The van der Waals surface area contributed by atoms with E-state index in [4.69, 9.17) is 0 Å². The van der Waals surface area contributed by atoms with Crippen molar-refractivity contribution in [3.8, 4) is 0 Å². The molecule has 1 aromatic heterocycles. The van der Waals surface area contributed by atoms with E-state index in [0.717, 1.165) is 18.1 Å². The summed E-state index contributed by atoms with van der Waals surface area (Å²) in [5.41, 5.74) is 1.18. The number of aryl methyl sites for hydroxylation is 2. The van der Waals surface area contributed by atoms with Crippen LogP contribution in [0.3, 0.4) is 0 Å². The van der Waals surface area contributed by atoms with E-state index in [1.807, 2.05) is 0 Å². The lowest BCUT2D eigenvalue weighted by molar-refractivity contribution is 0.389. The van der Waals surface area contributed by atoms with E-state index < -0.39 is 0 Å². The monoisotopic (exact) mass is 241 g/mol. The minimum atomic E-state index is 0.424. The van der Waals surface area contributed by atoms with Crippen LogP contribution in [0.5, 0.6) is 0 Å². The summed E-state index contributed by atoms with van der Waals surface area (Å²) in [7, 11) is 4.22. The second kappa shape index (κ2) is 6.33. The second-order valence-electron chi connectivity index (χ2n) is 4.52. The largest absolute Gasteiger partial charge is 0.309 e. The van der Waals surface area contributed by atoms with E-state index >= 15 is 0 Å². The maximum atomic E-state index is 4.46. The highest BCUT2D eigenvalue weighted by Crippen LogP contribution is 2.24. The molecule has 16 heavy (non-hydrogen) atoms. The maximum Gasteiger partial charge on any atom is 0.0900 e. The minimum absolute atomic E-state index is 0.424. The molecule has 92 valence electrons. The van der Waals surface area contributed by atoms with Crippen LogP contribution in [0, 0.1) is 13.8 Å². The number of nitrogens with zero attached hydrogens (tertiary/aromatic N) is 2. The molecule has 1 heterocycles. The second-order valence-corrected chi connectivity index (χ2v) is 5.75. The molecule has 4 heteroatoms. The van der Waals surface area contributed by atoms with Crippen LogP contribution in [0.2, 0.25) is 0 Å². The Labute approximate surface area is 103 Å². The molecule has 1 rings (SSSR count). The third-order valence-electron chi connectivity index (χ3n) is 2.57. The predicted octanol–water partition coefficient (Wildman–Crippen LogP) is 2.36. The molecule has 0 aliphatic rings. The van der Waals surface area contributed by atoms with E-state index in [9.17, 15) is 0 Å². The van der Waals surface area contributed by atoms with E-state index in [-0.39, 0.29) is 0 Å². The molecule has 0 fully saturated rings. The van der Waals surface area contributed by atoms with Crippen LogP contribution in [0.15, 0.2) is 0 Å². The lowest BCUT2D eigenvalue weighted by atomic mass is 10.2. The van der Waals surface area contributed by atoms with Gasteiger partial charge in [0.1, 0.15) is 0 Å². The third-order valence-corrected chi connectivity index (χ3v) is 3.82. The van der Waals surface area contributed by atoms with Crippen molar-refractivity contribution < 1.29 is 0 Å². The molecule has 0 saturated heterocycles. The zero-order valence-corrected chi connectivity index (χ0v) is 11.8. The maximum absolute atomic E-state index is 4.46. The van der Waals surface area contributed by atoms with Gasteiger partial charge in [0.05, 0.1) is 10.7 Å². The van der Waals surface area contributed by atoms with Crippen molar-refractivity contribution in [2.75, 3.05) is 27.2 Å². The topological polar surface area (TPSA) is 28.2 Å². The molecule has 1 N–H and O–H groups in total. The SMILES string of the molecule is Cc1nc(C)c(C(C)NCCCN(C)C)s1. The van der Waals surface area contributed by atoms with Gasteiger partial charge in [0, 0.05) is 10.9 Å². The summed E-state index contributed by atoms with van der Waals surface area (Å²) in [6.45, 7) is 8.59. The van der Waals surface area contributed by atoms with Crippen LogP contribution in [0.4, 0.5) is 0 Å². The lowest BCUT2D eigenvalue weighted by Gasteiger charge is -2.14. The molecule has 3 nitrogen and oxygen atoms in total. The normalized spacial score (nSPS) is 13.4. The highest BCUT2D eigenvalue weighted by atomic mass is 32.1. The molecule has 1 atom stereocenters. The molecule has 1 aromatic rings. The number of hydrogen-bond donors (Lipinski definition) is 1. The van der Waals surface area contributed by atoms with Gasteiger partial charge in [-0.05, 0) is 54.4 Å². The highest BCUT2D eigenvalue weighted by Gasteiger charge is 2.11. The summed E-state index contributed by atoms with van der Waals surface area (Å²) in [4.78, 5) is 8.05. The van der Waals surface area contributed by atoms with Gasteiger partial charge in [-0.2, -0.15) is 0 Å². The Morgan fingerprint density at radius 2 is 2.06 bits per heavy atom. The summed E-state index contributed by atoms with van der Waals surface area (Å²) < 4.78 is 0. The molecule has 0 amide bonds.